The van der Waals surface area contributed by atoms with Crippen LogP contribution in [-0.4, -0.2) is 54.5 Å². The molecule has 1 fully saturated rings. The summed E-state index contributed by atoms with van der Waals surface area (Å²) >= 11 is 1.30. The third-order valence-corrected chi connectivity index (χ3v) is 5.72. The van der Waals surface area contributed by atoms with E-state index in [2.05, 4.69) is 10.3 Å². The Hall–Kier alpha value is -2.84. The molecule has 7 nitrogen and oxygen atoms in total. The molecular formula is C22H25N3O4S. The smallest absolute Gasteiger partial charge is 0.242 e. The first-order valence-corrected chi connectivity index (χ1v) is 10.4. The number of para-hydroxylation sites is 2. The second-order valence-corrected chi connectivity index (χ2v) is 7.94. The van der Waals surface area contributed by atoms with E-state index in [9.17, 15) is 9.59 Å². The van der Waals surface area contributed by atoms with Crippen molar-refractivity contribution in [2.75, 3.05) is 32.7 Å². The standard InChI is InChI=1S/C22H25N3O4S/c1-15-8-10-16(11-9-15)23-22-25(12-13-28-2)21(27)19(30-22)14-20(26)24-17-6-4-5-7-18(17)29-3/h4-11,19H,12-14H2,1-3H3,(H,24,26). The number of amides is 2. The van der Waals surface area contributed by atoms with E-state index in [1.807, 2.05) is 43.3 Å². The molecule has 1 saturated heterocycles. The molecule has 30 heavy (non-hydrogen) atoms. The molecule has 158 valence electrons. The molecule has 0 aromatic heterocycles. The van der Waals surface area contributed by atoms with E-state index in [-0.39, 0.29) is 18.2 Å². The van der Waals surface area contributed by atoms with E-state index < -0.39 is 5.25 Å². The number of nitrogens with zero attached hydrogens (tertiary/aromatic N) is 2. The number of ether oxygens (including phenoxy) is 2. The first-order chi connectivity index (χ1) is 14.5. The Labute approximate surface area is 180 Å². The number of thioether (sulfide) groups is 1. The molecule has 2 aromatic rings. The van der Waals surface area contributed by atoms with Crippen LogP contribution in [0.2, 0.25) is 0 Å². The molecule has 0 radical (unpaired) electrons. The maximum absolute atomic E-state index is 12.9. The van der Waals surface area contributed by atoms with Gasteiger partial charge in [-0.05, 0) is 31.2 Å². The largest absolute Gasteiger partial charge is 0.495 e. The number of aliphatic imine (C=N–C) groups is 1. The Kier molecular flexibility index (Phi) is 7.48. The van der Waals surface area contributed by atoms with Crippen molar-refractivity contribution >= 4 is 40.1 Å². The fourth-order valence-corrected chi connectivity index (χ4v) is 4.14. The van der Waals surface area contributed by atoms with E-state index in [0.717, 1.165) is 11.3 Å². The summed E-state index contributed by atoms with van der Waals surface area (Å²) in [6, 6.07) is 14.9. The van der Waals surface area contributed by atoms with Gasteiger partial charge in [0.2, 0.25) is 11.8 Å². The van der Waals surface area contributed by atoms with Crippen LogP contribution in [0.5, 0.6) is 5.75 Å². The van der Waals surface area contributed by atoms with Crippen LogP contribution in [0.25, 0.3) is 0 Å². The van der Waals surface area contributed by atoms with Gasteiger partial charge < -0.3 is 14.8 Å². The average molecular weight is 428 g/mol. The minimum Gasteiger partial charge on any atom is -0.495 e. The first-order valence-electron chi connectivity index (χ1n) is 9.57. The SMILES string of the molecule is COCCN1C(=O)C(CC(=O)Nc2ccccc2OC)SC1=Nc1ccc(C)cc1. The molecule has 1 unspecified atom stereocenters. The van der Waals surface area contributed by atoms with E-state index >= 15 is 0 Å². The third kappa shape index (κ3) is 5.40. The summed E-state index contributed by atoms with van der Waals surface area (Å²) in [4.78, 5) is 31.8. The van der Waals surface area contributed by atoms with Gasteiger partial charge in [-0.2, -0.15) is 0 Å². The quantitative estimate of drug-likeness (QED) is 0.696. The van der Waals surface area contributed by atoms with Crippen LogP contribution in [-0.2, 0) is 14.3 Å². The summed E-state index contributed by atoms with van der Waals surface area (Å²) < 4.78 is 10.4. The fourth-order valence-electron chi connectivity index (χ4n) is 2.96. The number of anilines is 1. The Morgan fingerprint density at radius 3 is 2.60 bits per heavy atom. The van der Waals surface area contributed by atoms with Crippen molar-refractivity contribution in [2.45, 2.75) is 18.6 Å². The summed E-state index contributed by atoms with van der Waals surface area (Å²) in [5.41, 5.74) is 2.47. The number of hydrogen-bond donors (Lipinski definition) is 1. The number of aryl methyl sites for hydroxylation is 1. The van der Waals surface area contributed by atoms with Gasteiger partial charge in [0.15, 0.2) is 5.17 Å². The van der Waals surface area contributed by atoms with Crippen molar-refractivity contribution in [1.82, 2.24) is 4.90 Å². The van der Waals surface area contributed by atoms with Crippen LogP contribution in [0.15, 0.2) is 53.5 Å². The van der Waals surface area contributed by atoms with Crippen LogP contribution in [0.4, 0.5) is 11.4 Å². The molecule has 0 saturated carbocycles. The zero-order valence-electron chi connectivity index (χ0n) is 17.3. The van der Waals surface area contributed by atoms with E-state index in [1.165, 1.54) is 11.8 Å². The molecule has 1 N–H and O–H groups in total. The zero-order valence-corrected chi connectivity index (χ0v) is 18.1. The molecule has 0 aliphatic carbocycles. The van der Waals surface area contributed by atoms with Gasteiger partial charge in [0.25, 0.3) is 0 Å². The summed E-state index contributed by atoms with van der Waals surface area (Å²) in [6.07, 6.45) is 0.0396. The van der Waals surface area contributed by atoms with Gasteiger partial charge in [-0.25, -0.2) is 4.99 Å². The van der Waals surface area contributed by atoms with Crippen LogP contribution in [0.1, 0.15) is 12.0 Å². The molecule has 1 aliphatic rings. The van der Waals surface area contributed by atoms with Gasteiger partial charge in [-0.1, -0.05) is 41.6 Å². The van der Waals surface area contributed by atoms with E-state index in [0.29, 0.717) is 29.8 Å². The number of hydrogen-bond acceptors (Lipinski definition) is 6. The van der Waals surface area contributed by atoms with Gasteiger partial charge in [0.1, 0.15) is 11.0 Å². The summed E-state index contributed by atoms with van der Waals surface area (Å²) in [5, 5.41) is 2.86. The second-order valence-electron chi connectivity index (χ2n) is 6.77. The second kappa shape index (κ2) is 10.3. The topological polar surface area (TPSA) is 80.2 Å². The van der Waals surface area contributed by atoms with Crippen LogP contribution >= 0.6 is 11.8 Å². The molecule has 0 spiro atoms. The molecule has 8 heteroatoms. The first kappa shape index (κ1) is 21.9. The van der Waals surface area contributed by atoms with E-state index in [4.69, 9.17) is 9.47 Å². The van der Waals surface area contributed by atoms with Crippen LogP contribution < -0.4 is 10.1 Å². The van der Waals surface area contributed by atoms with Crippen molar-refractivity contribution in [3.63, 3.8) is 0 Å². The third-order valence-electron chi connectivity index (χ3n) is 4.55. The highest BCUT2D eigenvalue weighted by atomic mass is 32.2. The highest BCUT2D eigenvalue weighted by Gasteiger charge is 2.39. The minimum absolute atomic E-state index is 0.0396. The Balaban J connectivity index is 1.74. The van der Waals surface area contributed by atoms with Crippen LogP contribution in [0.3, 0.4) is 0 Å². The predicted octanol–water partition coefficient (Wildman–Crippen LogP) is 3.61. The molecule has 2 amide bonds. The maximum atomic E-state index is 12.9. The summed E-state index contributed by atoms with van der Waals surface area (Å²) in [5.74, 6) is 0.173. The lowest BCUT2D eigenvalue weighted by atomic mass is 10.2. The lowest BCUT2D eigenvalue weighted by Crippen LogP contribution is -2.35. The van der Waals surface area contributed by atoms with Crippen molar-refractivity contribution in [2.24, 2.45) is 4.99 Å². The number of amidine groups is 1. The van der Waals surface area contributed by atoms with Gasteiger partial charge in [0, 0.05) is 13.5 Å². The number of benzene rings is 2. The fraction of sp³-hybridized carbons (Fsp3) is 0.318. The van der Waals surface area contributed by atoms with Gasteiger partial charge in [-0.3, -0.25) is 14.5 Å². The Morgan fingerprint density at radius 2 is 1.90 bits per heavy atom. The van der Waals surface area contributed by atoms with Gasteiger partial charge in [0.05, 0.1) is 31.6 Å². The van der Waals surface area contributed by atoms with Crippen molar-refractivity contribution in [3.8, 4) is 5.75 Å². The van der Waals surface area contributed by atoms with Gasteiger partial charge >= 0.3 is 0 Å². The van der Waals surface area contributed by atoms with Crippen molar-refractivity contribution in [1.29, 1.82) is 0 Å². The predicted molar refractivity (Wildman–Crippen MR) is 119 cm³/mol. The average Bonchev–Trinajstić information content (AvgIpc) is 3.02. The van der Waals surface area contributed by atoms with Crippen LogP contribution in [0, 0.1) is 6.92 Å². The Morgan fingerprint density at radius 1 is 1.17 bits per heavy atom. The molecule has 1 aliphatic heterocycles. The number of rotatable bonds is 8. The number of nitrogens with one attached hydrogen (secondary N) is 1. The summed E-state index contributed by atoms with van der Waals surface area (Å²) in [6.45, 7) is 2.78. The highest BCUT2D eigenvalue weighted by Crippen LogP contribution is 2.32. The molecule has 1 atom stereocenters. The summed E-state index contributed by atoms with van der Waals surface area (Å²) in [7, 11) is 3.13. The lowest BCUT2D eigenvalue weighted by Gasteiger charge is -2.16. The molecular weight excluding hydrogens is 402 g/mol. The molecule has 2 aromatic carbocycles. The highest BCUT2D eigenvalue weighted by molar-refractivity contribution is 8.15. The number of carbonyl (C=O) groups excluding carboxylic acids is 2. The normalized spacial score (nSPS) is 17.4. The maximum Gasteiger partial charge on any atom is 0.242 e. The zero-order chi connectivity index (χ0) is 21.5. The minimum atomic E-state index is -0.541. The lowest BCUT2D eigenvalue weighted by molar-refractivity contribution is -0.128. The molecule has 1 heterocycles. The van der Waals surface area contributed by atoms with Crippen molar-refractivity contribution < 1.29 is 19.1 Å². The monoisotopic (exact) mass is 427 g/mol. The van der Waals surface area contributed by atoms with Gasteiger partial charge in [-0.15, -0.1) is 0 Å². The number of methoxy groups -OCH3 is 2. The van der Waals surface area contributed by atoms with Crippen molar-refractivity contribution in [3.05, 3.63) is 54.1 Å². The van der Waals surface area contributed by atoms with E-state index in [1.54, 1.807) is 31.3 Å². The molecule has 3 rings (SSSR count). The number of carbonyl (C=O) groups is 2. The molecule has 0 bridgehead atoms. The Bertz CT molecular complexity index is 930.